The molecule has 1 spiro atoms. The second kappa shape index (κ2) is 6.39. The van der Waals surface area contributed by atoms with Crippen molar-refractivity contribution in [3.8, 4) is 0 Å². The van der Waals surface area contributed by atoms with E-state index in [9.17, 15) is 0 Å². The predicted molar refractivity (Wildman–Crippen MR) is 91.8 cm³/mol. The maximum atomic E-state index is 6.50. The van der Waals surface area contributed by atoms with E-state index in [4.69, 9.17) is 5.73 Å². The number of nitrogens with zero attached hydrogens (tertiary/aromatic N) is 1. The van der Waals surface area contributed by atoms with Crippen molar-refractivity contribution in [2.24, 2.45) is 11.1 Å². The van der Waals surface area contributed by atoms with Gasteiger partial charge in [-0.15, -0.1) is 11.3 Å². The number of hydrogen-bond acceptors (Lipinski definition) is 3. The highest BCUT2D eigenvalue weighted by molar-refractivity contribution is 7.12. The fourth-order valence-corrected chi connectivity index (χ4v) is 5.49. The first-order valence-electron chi connectivity index (χ1n) is 8.69. The van der Waals surface area contributed by atoms with Gasteiger partial charge in [0.2, 0.25) is 0 Å². The summed E-state index contributed by atoms with van der Waals surface area (Å²) in [5.74, 6) is 0. The Kier molecular flexibility index (Phi) is 4.72. The van der Waals surface area contributed by atoms with Crippen LogP contribution in [0.3, 0.4) is 0 Å². The lowest BCUT2D eigenvalue weighted by molar-refractivity contribution is 0.0663. The molecule has 2 heterocycles. The molecule has 0 radical (unpaired) electrons. The largest absolute Gasteiger partial charge is 0.326 e. The van der Waals surface area contributed by atoms with Crippen LogP contribution in [0.1, 0.15) is 67.7 Å². The quantitative estimate of drug-likeness (QED) is 0.888. The lowest BCUT2D eigenvalue weighted by Crippen LogP contribution is -2.46. The Morgan fingerprint density at radius 1 is 1.19 bits per heavy atom. The summed E-state index contributed by atoms with van der Waals surface area (Å²) >= 11 is 1.94. The van der Waals surface area contributed by atoms with E-state index < -0.39 is 0 Å². The average Bonchev–Trinajstić information content (AvgIpc) is 3.11. The molecule has 0 aromatic carbocycles. The van der Waals surface area contributed by atoms with Crippen molar-refractivity contribution in [1.82, 2.24) is 4.90 Å². The summed E-state index contributed by atoms with van der Waals surface area (Å²) in [5, 5.41) is 0. The van der Waals surface area contributed by atoms with E-state index in [1.165, 1.54) is 61.4 Å². The zero-order valence-corrected chi connectivity index (χ0v) is 14.4. The van der Waals surface area contributed by atoms with Crippen molar-refractivity contribution < 1.29 is 0 Å². The summed E-state index contributed by atoms with van der Waals surface area (Å²) in [5.41, 5.74) is 7.20. The first kappa shape index (κ1) is 15.5. The SMILES string of the molecule is CCC(N)C(c1ccc(C)s1)N1CCC2(CCCC2)CC1. The normalized spacial score (nSPS) is 25.3. The van der Waals surface area contributed by atoms with Crippen molar-refractivity contribution in [2.75, 3.05) is 13.1 Å². The smallest absolute Gasteiger partial charge is 0.0593 e. The minimum absolute atomic E-state index is 0.265. The third-order valence-corrected chi connectivity index (χ3v) is 6.92. The van der Waals surface area contributed by atoms with E-state index in [1.807, 2.05) is 11.3 Å². The van der Waals surface area contributed by atoms with Gasteiger partial charge in [-0.3, -0.25) is 4.90 Å². The first-order chi connectivity index (χ1) is 10.1. The summed E-state index contributed by atoms with van der Waals surface area (Å²) in [6.45, 7) is 6.91. The van der Waals surface area contributed by atoms with Crippen LogP contribution in [-0.2, 0) is 0 Å². The molecule has 2 unspecified atom stereocenters. The number of thiophene rings is 1. The number of piperidine rings is 1. The van der Waals surface area contributed by atoms with Crippen LogP contribution < -0.4 is 5.73 Å². The molecule has 3 rings (SSSR count). The Morgan fingerprint density at radius 2 is 1.86 bits per heavy atom. The van der Waals surface area contributed by atoms with Crippen molar-refractivity contribution in [1.29, 1.82) is 0 Å². The number of hydrogen-bond donors (Lipinski definition) is 1. The standard InChI is InChI=1S/C18H30N2S/c1-3-15(19)17(16-7-6-14(2)21-16)20-12-10-18(11-13-20)8-4-5-9-18/h6-7,15,17H,3-5,8-13,19H2,1-2H3. The fraction of sp³-hybridized carbons (Fsp3) is 0.778. The zero-order valence-electron chi connectivity index (χ0n) is 13.6. The second-order valence-electron chi connectivity index (χ2n) is 7.21. The summed E-state index contributed by atoms with van der Waals surface area (Å²) < 4.78 is 0. The van der Waals surface area contributed by atoms with Gasteiger partial charge in [-0.25, -0.2) is 0 Å². The Hall–Kier alpha value is -0.380. The van der Waals surface area contributed by atoms with Crippen LogP contribution in [0.4, 0.5) is 0 Å². The highest BCUT2D eigenvalue weighted by atomic mass is 32.1. The molecular weight excluding hydrogens is 276 g/mol. The molecular formula is C18H30N2S. The predicted octanol–water partition coefficient (Wildman–Crippen LogP) is 4.49. The molecule has 2 aliphatic rings. The number of rotatable bonds is 4. The maximum Gasteiger partial charge on any atom is 0.0593 e. The molecule has 1 aromatic heterocycles. The van der Waals surface area contributed by atoms with Crippen molar-refractivity contribution in [3.05, 3.63) is 21.9 Å². The molecule has 2 N–H and O–H groups in total. The average molecular weight is 307 g/mol. The molecule has 2 fully saturated rings. The molecule has 0 bridgehead atoms. The zero-order chi connectivity index (χ0) is 14.9. The molecule has 1 aliphatic heterocycles. The van der Waals surface area contributed by atoms with Gasteiger partial charge in [0.15, 0.2) is 0 Å². The first-order valence-corrected chi connectivity index (χ1v) is 9.51. The summed E-state index contributed by atoms with van der Waals surface area (Å²) in [4.78, 5) is 5.56. The number of likely N-dealkylation sites (tertiary alicyclic amines) is 1. The van der Waals surface area contributed by atoms with E-state index in [-0.39, 0.29) is 6.04 Å². The van der Waals surface area contributed by atoms with E-state index in [1.54, 1.807) is 0 Å². The minimum Gasteiger partial charge on any atom is -0.326 e. The second-order valence-corrected chi connectivity index (χ2v) is 8.53. The van der Waals surface area contributed by atoms with Gasteiger partial charge < -0.3 is 5.73 Å². The highest BCUT2D eigenvalue weighted by Crippen LogP contribution is 2.47. The van der Waals surface area contributed by atoms with E-state index >= 15 is 0 Å². The molecule has 1 saturated carbocycles. The van der Waals surface area contributed by atoms with Gasteiger partial charge in [0.1, 0.15) is 0 Å². The molecule has 2 nitrogen and oxygen atoms in total. The Bertz CT molecular complexity index is 452. The maximum absolute atomic E-state index is 6.50. The van der Waals surface area contributed by atoms with Gasteiger partial charge in [-0.05, 0) is 69.7 Å². The van der Waals surface area contributed by atoms with Gasteiger partial charge in [-0.2, -0.15) is 0 Å². The third kappa shape index (κ3) is 3.20. The van der Waals surface area contributed by atoms with Gasteiger partial charge in [-0.1, -0.05) is 19.8 Å². The van der Waals surface area contributed by atoms with Crippen molar-refractivity contribution in [3.63, 3.8) is 0 Å². The van der Waals surface area contributed by atoms with Crippen LogP contribution in [0.2, 0.25) is 0 Å². The van der Waals surface area contributed by atoms with E-state index in [0.717, 1.165) is 6.42 Å². The van der Waals surface area contributed by atoms with E-state index in [2.05, 4.69) is 30.9 Å². The van der Waals surface area contributed by atoms with Crippen LogP contribution in [-0.4, -0.2) is 24.0 Å². The molecule has 2 atom stereocenters. The lowest BCUT2D eigenvalue weighted by Gasteiger charge is -2.44. The molecule has 118 valence electrons. The minimum atomic E-state index is 0.265. The number of aryl methyl sites for hydroxylation is 1. The van der Waals surface area contributed by atoms with Crippen LogP contribution in [0.25, 0.3) is 0 Å². The summed E-state index contributed by atoms with van der Waals surface area (Å²) in [6, 6.07) is 5.26. The molecule has 1 saturated heterocycles. The van der Waals surface area contributed by atoms with Crippen LogP contribution in [0.5, 0.6) is 0 Å². The highest BCUT2D eigenvalue weighted by Gasteiger charge is 2.39. The number of nitrogens with two attached hydrogens (primary N) is 1. The topological polar surface area (TPSA) is 29.3 Å². The molecule has 3 heteroatoms. The lowest BCUT2D eigenvalue weighted by atomic mass is 9.76. The molecule has 1 aliphatic carbocycles. The Balaban J connectivity index is 1.72. The van der Waals surface area contributed by atoms with Crippen LogP contribution in [0, 0.1) is 12.3 Å². The van der Waals surface area contributed by atoms with Crippen LogP contribution >= 0.6 is 11.3 Å². The van der Waals surface area contributed by atoms with Crippen molar-refractivity contribution in [2.45, 2.75) is 70.9 Å². The van der Waals surface area contributed by atoms with Crippen molar-refractivity contribution >= 4 is 11.3 Å². The van der Waals surface area contributed by atoms with Gasteiger partial charge in [0, 0.05) is 15.8 Å². The fourth-order valence-electron chi connectivity index (χ4n) is 4.40. The molecule has 0 amide bonds. The third-order valence-electron chi connectivity index (χ3n) is 5.85. The van der Waals surface area contributed by atoms with E-state index in [0.29, 0.717) is 11.5 Å². The van der Waals surface area contributed by atoms with Crippen LogP contribution in [0.15, 0.2) is 12.1 Å². The van der Waals surface area contributed by atoms with Gasteiger partial charge in [0.25, 0.3) is 0 Å². The van der Waals surface area contributed by atoms with Gasteiger partial charge in [0.05, 0.1) is 6.04 Å². The Labute approximate surface area is 133 Å². The molecule has 21 heavy (non-hydrogen) atoms. The molecule has 1 aromatic rings. The monoisotopic (exact) mass is 306 g/mol. The van der Waals surface area contributed by atoms with Gasteiger partial charge >= 0.3 is 0 Å². The Morgan fingerprint density at radius 3 is 2.38 bits per heavy atom. The summed E-state index contributed by atoms with van der Waals surface area (Å²) in [6.07, 6.45) is 9.72. The summed E-state index contributed by atoms with van der Waals surface area (Å²) in [7, 11) is 0.